The van der Waals surface area contributed by atoms with Crippen LogP contribution in [0, 0.1) is 0 Å². The Morgan fingerprint density at radius 1 is 1.15 bits per heavy atom. The van der Waals surface area contributed by atoms with Crippen molar-refractivity contribution in [3.8, 4) is 0 Å². The van der Waals surface area contributed by atoms with E-state index in [-0.39, 0.29) is 6.42 Å². The van der Waals surface area contributed by atoms with Gasteiger partial charge in [0.25, 0.3) is 0 Å². The first-order valence-corrected chi connectivity index (χ1v) is 7.48. The minimum Gasteiger partial charge on any atom is -0.227 e. The Morgan fingerprint density at radius 2 is 1.54 bits per heavy atom. The van der Waals surface area contributed by atoms with Crippen LogP contribution in [0.25, 0.3) is 0 Å². The molecule has 0 radical (unpaired) electrons. The van der Waals surface area contributed by atoms with Crippen LogP contribution in [0.15, 0.2) is 0 Å². The van der Waals surface area contributed by atoms with Gasteiger partial charge in [-0.15, -0.1) is 0 Å². The molecule has 0 aromatic rings. The second kappa shape index (κ2) is 3.55. The first kappa shape index (κ1) is 12.9. The van der Waals surface area contributed by atoms with E-state index >= 15 is 0 Å². The van der Waals surface area contributed by atoms with E-state index in [9.17, 15) is 16.8 Å². The van der Waals surface area contributed by atoms with Gasteiger partial charge in [0.2, 0.25) is 10.0 Å². The molecule has 0 spiro atoms. The van der Waals surface area contributed by atoms with E-state index in [0.29, 0.717) is 0 Å². The number of nitrogens with one attached hydrogen (secondary N) is 1. The Labute approximate surface area is 79.5 Å². The lowest BCUT2D eigenvalue weighted by Gasteiger charge is -2.26. The average Bonchev–Trinajstić information content (AvgIpc) is 1.81. The third kappa shape index (κ3) is 3.61. The minimum absolute atomic E-state index is 0.193. The molecule has 80 valence electrons. The molecule has 0 aromatic heterocycles. The molecule has 0 aliphatic rings. The lowest BCUT2D eigenvalue weighted by atomic mass is 10.3. The van der Waals surface area contributed by atoms with Gasteiger partial charge in [0.05, 0.1) is 6.26 Å². The number of sulfonamides is 1. The van der Waals surface area contributed by atoms with E-state index < -0.39 is 24.7 Å². The molecule has 5 nitrogen and oxygen atoms in total. The minimum atomic E-state index is -3.51. The maximum absolute atomic E-state index is 11.2. The van der Waals surface area contributed by atoms with Crippen molar-refractivity contribution in [2.24, 2.45) is 0 Å². The van der Waals surface area contributed by atoms with E-state index in [4.69, 9.17) is 0 Å². The summed E-state index contributed by atoms with van der Waals surface area (Å²) in [6.45, 7) is 2.96. The van der Waals surface area contributed by atoms with Crippen molar-refractivity contribution in [3.05, 3.63) is 0 Å². The highest BCUT2D eigenvalue weighted by Crippen LogP contribution is 2.17. The lowest BCUT2D eigenvalue weighted by Crippen LogP contribution is -2.50. The largest absolute Gasteiger partial charge is 0.227 e. The van der Waals surface area contributed by atoms with Gasteiger partial charge in [0, 0.05) is 6.26 Å². The highest BCUT2D eigenvalue weighted by atomic mass is 32.2. The molecule has 0 aliphatic heterocycles. The molecule has 0 amide bonds. The van der Waals surface area contributed by atoms with Gasteiger partial charge in [0.1, 0.15) is 4.87 Å². The summed E-state index contributed by atoms with van der Waals surface area (Å²) in [5.41, 5.74) is 0. The van der Waals surface area contributed by atoms with Crippen LogP contribution in [0.5, 0.6) is 0 Å². The molecule has 1 unspecified atom stereocenters. The van der Waals surface area contributed by atoms with Crippen LogP contribution in [0.2, 0.25) is 0 Å². The fraction of sp³-hybridized carbons (Fsp3) is 1.00. The van der Waals surface area contributed by atoms with Gasteiger partial charge in [-0.3, -0.25) is 0 Å². The highest BCUT2D eigenvalue weighted by Gasteiger charge is 2.36. The van der Waals surface area contributed by atoms with Gasteiger partial charge >= 0.3 is 0 Å². The van der Waals surface area contributed by atoms with Crippen molar-refractivity contribution in [1.82, 2.24) is 4.72 Å². The van der Waals surface area contributed by atoms with Crippen LogP contribution in [0.4, 0.5) is 0 Å². The number of sulfone groups is 1. The van der Waals surface area contributed by atoms with E-state index in [1.54, 1.807) is 6.92 Å². The molecule has 0 aromatic carbocycles. The second-order valence-electron chi connectivity index (χ2n) is 3.23. The Hall–Kier alpha value is -0.140. The molecule has 0 heterocycles. The SMILES string of the molecule is CCC(C)(NS(C)(=O)=O)S(C)(=O)=O. The fourth-order valence-electron chi connectivity index (χ4n) is 0.802. The van der Waals surface area contributed by atoms with Crippen molar-refractivity contribution >= 4 is 19.9 Å². The predicted molar refractivity (Wildman–Crippen MR) is 51.5 cm³/mol. The van der Waals surface area contributed by atoms with Gasteiger partial charge in [-0.25, -0.2) is 16.8 Å². The average molecular weight is 229 g/mol. The first-order valence-electron chi connectivity index (χ1n) is 3.70. The standard InChI is InChI=1S/C6H15NO4S2/c1-5-6(2,12(3,8)9)7-13(4,10)11/h7H,5H2,1-4H3. The molecule has 0 bridgehead atoms. The lowest BCUT2D eigenvalue weighted by molar-refractivity contribution is 0.491. The van der Waals surface area contributed by atoms with Gasteiger partial charge < -0.3 is 0 Å². The van der Waals surface area contributed by atoms with Crippen molar-refractivity contribution in [2.45, 2.75) is 25.1 Å². The molecular weight excluding hydrogens is 214 g/mol. The van der Waals surface area contributed by atoms with E-state index in [1.807, 2.05) is 0 Å². The van der Waals surface area contributed by atoms with Crippen LogP contribution in [-0.4, -0.2) is 34.2 Å². The zero-order chi connectivity index (χ0) is 10.9. The summed E-state index contributed by atoms with van der Waals surface area (Å²) in [6.07, 6.45) is 2.14. The monoisotopic (exact) mass is 229 g/mol. The molecule has 0 rings (SSSR count). The Bertz CT molecular complexity index is 369. The molecule has 0 aliphatic carbocycles. The molecular formula is C6H15NO4S2. The maximum atomic E-state index is 11.2. The third-order valence-corrected chi connectivity index (χ3v) is 4.87. The van der Waals surface area contributed by atoms with Crippen molar-refractivity contribution < 1.29 is 16.8 Å². The van der Waals surface area contributed by atoms with Crippen molar-refractivity contribution in [2.75, 3.05) is 12.5 Å². The molecule has 0 saturated heterocycles. The molecule has 0 saturated carbocycles. The first-order chi connectivity index (χ1) is 5.52. The molecule has 1 N–H and O–H groups in total. The smallest absolute Gasteiger partial charge is 0.210 e. The van der Waals surface area contributed by atoms with Crippen LogP contribution in [0.3, 0.4) is 0 Å². The van der Waals surface area contributed by atoms with Crippen LogP contribution in [0.1, 0.15) is 20.3 Å². The normalized spacial score (nSPS) is 18.2. The Kier molecular flexibility index (Phi) is 3.51. The van der Waals surface area contributed by atoms with Crippen LogP contribution in [-0.2, 0) is 19.9 Å². The Balaban J connectivity index is 5.12. The van der Waals surface area contributed by atoms with Gasteiger partial charge in [-0.2, -0.15) is 4.72 Å². The molecule has 1 atom stereocenters. The highest BCUT2D eigenvalue weighted by molar-refractivity contribution is 7.94. The second-order valence-corrected chi connectivity index (χ2v) is 7.42. The summed E-state index contributed by atoms with van der Waals surface area (Å²) in [5.74, 6) is 0. The van der Waals surface area contributed by atoms with E-state index in [0.717, 1.165) is 12.5 Å². The number of hydrogen-bond acceptors (Lipinski definition) is 4. The summed E-state index contributed by atoms with van der Waals surface area (Å²) >= 11 is 0. The van der Waals surface area contributed by atoms with Crippen molar-refractivity contribution in [1.29, 1.82) is 0 Å². The Morgan fingerprint density at radius 3 is 1.62 bits per heavy atom. The van der Waals surface area contributed by atoms with Gasteiger partial charge in [-0.05, 0) is 13.3 Å². The summed E-state index contributed by atoms with van der Waals surface area (Å²) in [6, 6.07) is 0. The summed E-state index contributed by atoms with van der Waals surface area (Å²) in [7, 11) is -6.94. The zero-order valence-corrected chi connectivity index (χ0v) is 9.79. The maximum Gasteiger partial charge on any atom is 0.210 e. The number of rotatable bonds is 4. The molecule has 7 heteroatoms. The number of hydrogen-bond donors (Lipinski definition) is 1. The topological polar surface area (TPSA) is 80.3 Å². The van der Waals surface area contributed by atoms with Crippen LogP contribution < -0.4 is 4.72 Å². The summed E-state index contributed by atoms with van der Waals surface area (Å²) in [5, 5.41) is 0. The molecule has 13 heavy (non-hydrogen) atoms. The predicted octanol–water partition coefficient (Wildman–Crippen LogP) is -0.294. The molecule has 0 fully saturated rings. The zero-order valence-electron chi connectivity index (χ0n) is 8.16. The summed E-state index contributed by atoms with van der Waals surface area (Å²) < 4.78 is 46.3. The summed E-state index contributed by atoms with van der Waals surface area (Å²) in [4.78, 5) is -1.40. The van der Waals surface area contributed by atoms with Gasteiger partial charge in [-0.1, -0.05) is 6.92 Å². The van der Waals surface area contributed by atoms with Crippen molar-refractivity contribution in [3.63, 3.8) is 0 Å². The quantitative estimate of drug-likeness (QED) is 0.718. The van der Waals surface area contributed by atoms with E-state index in [1.165, 1.54) is 6.92 Å². The third-order valence-electron chi connectivity index (χ3n) is 1.89. The van der Waals surface area contributed by atoms with Crippen LogP contribution >= 0.6 is 0 Å². The van der Waals surface area contributed by atoms with Gasteiger partial charge in [0.15, 0.2) is 9.84 Å². The van der Waals surface area contributed by atoms with E-state index in [2.05, 4.69) is 4.72 Å². The fourth-order valence-corrected chi connectivity index (χ4v) is 3.31.